The fourth-order valence-corrected chi connectivity index (χ4v) is 8.04. The quantitative estimate of drug-likeness (QED) is 0.0484. The summed E-state index contributed by atoms with van der Waals surface area (Å²) in [6.45, 7) is 5.44. The lowest BCUT2D eigenvalue weighted by Gasteiger charge is -2.53. The summed E-state index contributed by atoms with van der Waals surface area (Å²) in [4.78, 5) is 26.1. The van der Waals surface area contributed by atoms with Crippen molar-refractivity contribution < 1.29 is 23.8 Å². The lowest BCUT2D eigenvalue weighted by molar-refractivity contribution is -0.268. The number of hydrogen-bond donors (Lipinski definition) is 0. The number of carbonyl (C=O) groups excluding carboxylic acids is 2. The van der Waals surface area contributed by atoms with Crippen LogP contribution in [0.5, 0.6) is 0 Å². The van der Waals surface area contributed by atoms with E-state index in [4.69, 9.17) is 14.2 Å². The molecule has 0 aromatic rings. The number of hydrogen-bond acceptors (Lipinski definition) is 5. The molecule has 49 heavy (non-hydrogen) atoms. The third kappa shape index (κ3) is 20.5. The predicted octanol–water partition coefficient (Wildman–Crippen LogP) is 13.5. The highest BCUT2D eigenvalue weighted by molar-refractivity contribution is 5.89. The van der Waals surface area contributed by atoms with Crippen molar-refractivity contribution in [2.24, 2.45) is 5.92 Å². The molecule has 2 saturated heterocycles. The molecular weight excluding hydrogens is 608 g/mol. The summed E-state index contributed by atoms with van der Waals surface area (Å²) < 4.78 is 17.4. The molecule has 0 aromatic heterocycles. The van der Waals surface area contributed by atoms with E-state index in [1.54, 1.807) is 0 Å². The highest BCUT2D eigenvalue weighted by Crippen LogP contribution is 2.49. The van der Waals surface area contributed by atoms with E-state index in [1.807, 2.05) is 0 Å². The topological polar surface area (TPSA) is 61.8 Å². The van der Waals surface area contributed by atoms with Gasteiger partial charge in [-0.3, -0.25) is 4.79 Å². The molecule has 0 spiro atoms. The Morgan fingerprint density at radius 1 is 0.469 bits per heavy atom. The van der Waals surface area contributed by atoms with Gasteiger partial charge in [0, 0.05) is 6.42 Å². The molecule has 0 aromatic carbocycles. The van der Waals surface area contributed by atoms with Gasteiger partial charge in [0.25, 0.3) is 0 Å². The molecule has 288 valence electrons. The minimum absolute atomic E-state index is 0.0902. The monoisotopic (exact) mass is 691 g/mol. The van der Waals surface area contributed by atoms with Gasteiger partial charge < -0.3 is 14.2 Å². The van der Waals surface area contributed by atoms with E-state index in [0.717, 1.165) is 32.1 Å². The van der Waals surface area contributed by atoms with E-state index >= 15 is 0 Å². The summed E-state index contributed by atoms with van der Waals surface area (Å²) in [6.07, 6.45) is 44.5. The summed E-state index contributed by atoms with van der Waals surface area (Å²) >= 11 is 0. The molecule has 2 bridgehead atoms. The molecule has 2 heterocycles. The molecule has 3 rings (SSSR count). The molecule has 0 N–H and O–H groups in total. The second kappa shape index (κ2) is 30.5. The maximum atomic E-state index is 13.1. The average molecular weight is 691 g/mol. The van der Waals surface area contributed by atoms with Gasteiger partial charge >= 0.3 is 11.9 Å². The smallest absolute Gasteiger partial charge is 0.339 e. The van der Waals surface area contributed by atoms with Crippen molar-refractivity contribution in [3.8, 4) is 0 Å². The van der Waals surface area contributed by atoms with Crippen LogP contribution < -0.4 is 0 Å². The number of carbonyl (C=O) groups is 2. The Morgan fingerprint density at radius 3 is 1.12 bits per heavy atom. The number of esters is 2. The van der Waals surface area contributed by atoms with Crippen LogP contribution in [0.1, 0.15) is 239 Å². The fraction of sp³-hybridized carbons (Fsp3) is 0.955. The minimum Gasteiger partial charge on any atom is -0.465 e. The Morgan fingerprint density at radius 2 is 0.776 bits per heavy atom. The summed E-state index contributed by atoms with van der Waals surface area (Å²) in [5.74, 6) is -1.12. The van der Waals surface area contributed by atoms with Crippen molar-refractivity contribution in [3.05, 3.63) is 0 Å². The van der Waals surface area contributed by atoms with Gasteiger partial charge in [-0.15, -0.1) is 0 Å². The summed E-state index contributed by atoms with van der Waals surface area (Å²) in [6, 6.07) is 0. The van der Waals surface area contributed by atoms with Crippen LogP contribution >= 0.6 is 0 Å². The molecule has 5 nitrogen and oxygen atoms in total. The first-order chi connectivity index (χ1) is 24.1. The second-order valence-electron chi connectivity index (χ2n) is 15.9. The zero-order valence-electron chi connectivity index (χ0n) is 32.9. The zero-order chi connectivity index (χ0) is 35.1. The molecule has 1 aliphatic carbocycles. The van der Waals surface area contributed by atoms with Crippen molar-refractivity contribution in [1.29, 1.82) is 0 Å². The Kier molecular flexibility index (Phi) is 27.4. The van der Waals surface area contributed by atoms with Crippen LogP contribution in [-0.4, -0.2) is 36.9 Å². The summed E-state index contributed by atoms with van der Waals surface area (Å²) in [7, 11) is 0. The predicted molar refractivity (Wildman–Crippen MR) is 206 cm³/mol. The van der Waals surface area contributed by atoms with Gasteiger partial charge in [-0.05, 0) is 25.7 Å². The van der Waals surface area contributed by atoms with Crippen LogP contribution in [0.3, 0.4) is 0 Å². The van der Waals surface area contributed by atoms with Crippen molar-refractivity contribution >= 4 is 11.9 Å². The lowest BCUT2D eigenvalue weighted by atomic mass is 9.69. The third-order valence-electron chi connectivity index (χ3n) is 11.4. The van der Waals surface area contributed by atoms with Crippen molar-refractivity contribution in [1.82, 2.24) is 0 Å². The van der Waals surface area contributed by atoms with Crippen LogP contribution in [0.2, 0.25) is 0 Å². The Bertz CT molecular complexity index is 775. The SMILES string of the molecule is CCCCCCCCCCCCCCCCCCOC(=O)C1CCC2CC1(C(=O)OCCCCCCCCCCCCCCCCCC)O2. The molecule has 0 amide bonds. The number of unbranched alkanes of at least 4 members (excludes halogenated alkanes) is 30. The first-order valence-corrected chi connectivity index (χ1v) is 22.2. The van der Waals surface area contributed by atoms with Crippen LogP contribution in [0, 0.1) is 5.92 Å². The van der Waals surface area contributed by atoms with E-state index in [2.05, 4.69) is 13.8 Å². The van der Waals surface area contributed by atoms with Crippen molar-refractivity contribution in [3.63, 3.8) is 0 Å². The molecule has 5 heteroatoms. The van der Waals surface area contributed by atoms with Gasteiger partial charge in [-0.25, -0.2) is 4.79 Å². The molecule has 3 aliphatic rings. The lowest BCUT2D eigenvalue weighted by Crippen LogP contribution is -2.66. The van der Waals surface area contributed by atoms with Gasteiger partial charge in [0.15, 0.2) is 5.60 Å². The van der Waals surface area contributed by atoms with Crippen molar-refractivity contribution in [2.45, 2.75) is 250 Å². The van der Waals surface area contributed by atoms with Gasteiger partial charge in [0.05, 0.1) is 25.2 Å². The molecular formula is C44H82O5. The van der Waals surface area contributed by atoms with Crippen LogP contribution in [0.15, 0.2) is 0 Å². The first kappa shape index (κ1) is 44.1. The van der Waals surface area contributed by atoms with Crippen LogP contribution in [0.25, 0.3) is 0 Å². The van der Waals surface area contributed by atoms with Gasteiger partial charge in [0.1, 0.15) is 0 Å². The van der Waals surface area contributed by atoms with Gasteiger partial charge in [-0.2, -0.15) is 0 Å². The van der Waals surface area contributed by atoms with E-state index in [1.165, 1.54) is 180 Å². The molecule has 2 aliphatic heterocycles. The van der Waals surface area contributed by atoms with E-state index in [9.17, 15) is 9.59 Å². The molecule has 3 atom stereocenters. The highest BCUT2D eigenvalue weighted by Gasteiger charge is 2.63. The Labute approximate surface area is 304 Å². The minimum atomic E-state index is -1.09. The standard InChI is InChI=1S/C44H82O5/c1-3-5-7-9-11-13-15-17-19-21-23-25-27-29-31-33-37-47-42(45)41-36-35-40-39-44(41,49-40)43(46)48-38-34-32-30-28-26-24-22-20-18-16-14-12-10-8-6-4-2/h40-41H,3-39H2,1-2H3. The van der Waals surface area contributed by atoms with E-state index in [-0.39, 0.29) is 18.0 Å². The zero-order valence-corrected chi connectivity index (χ0v) is 32.9. The summed E-state index contributed by atoms with van der Waals surface area (Å²) in [5.41, 5.74) is -1.09. The average Bonchev–Trinajstić information content (AvgIpc) is 3.10. The molecule has 3 fully saturated rings. The third-order valence-corrected chi connectivity index (χ3v) is 11.4. The van der Waals surface area contributed by atoms with Gasteiger partial charge in [-0.1, -0.05) is 206 Å². The Hall–Kier alpha value is -1.10. The van der Waals surface area contributed by atoms with E-state index < -0.39 is 11.5 Å². The summed E-state index contributed by atoms with van der Waals surface area (Å²) in [5, 5.41) is 0. The first-order valence-electron chi connectivity index (χ1n) is 22.2. The fourth-order valence-electron chi connectivity index (χ4n) is 8.04. The van der Waals surface area contributed by atoms with Crippen molar-refractivity contribution in [2.75, 3.05) is 13.2 Å². The second-order valence-corrected chi connectivity index (χ2v) is 15.9. The Balaban J connectivity index is 1.40. The highest BCUT2D eigenvalue weighted by atomic mass is 16.6. The molecule has 3 unspecified atom stereocenters. The normalized spacial score (nSPS) is 19.9. The largest absolute Gasteiger partial charge is 0.465 e. The maximum Gasteiger partial charge on any atom is 0.339 e. The van der Waals surface area contributed by atoms with Crippen LogP contribution in [-0.2, 0) is 23.8 Å². The number of ether oxygens (including phenoxy) is 3. The van der Waals surface area contributed by atoms with E-state index in [0.29, 0.717) is 26.1 Å². The molecule has 0 radical (unpaired) electrons. The number of fused-ring (bicyclic) bond motifs is 2. The van der Waals surface area contributed by atoms with Crippen LogP contribution in [0.4, 0.5) is 0 Å². The van der Waals surface area contributed by atoms with Gasteiger partial charge in [0.2, 0.25) is 0 Å². The maximum absolute atomic E-state index is 13.1. The number of rotatable bonds is 36. The molecule has 1 saturated carbocycles.